The molecule has 1 aliphatic rings. The highest BCUT2D eigenvalue weighted by atomic mass is 16.5. The maximum atomic E-state index is 12.1. The molecule has 2 amide bonds. The number of carbonyl (C=O) groups is 1. The number of aromatic nitrogens is 1. The summed E-state index contributed by atoms with van der Waals surface area (Å²) in [5.41, 5.74) is 0.925. The van der Waals surface area contributed by atoms with E-state index in [2.05, 4.69) is 15.6 Å². The van der Waals surface area contributed by atoms with Crippen LogP contribution >= 0.6 is 0 Å². The molecule has 7 heteroatoms. The van der Waals surface area contributed by atoms with Crippen LogP contribution in [0.2, 0.25) is 0 Å². The Bertz CT molecular complexity index is 642. The fraction of sp³-hybridized carbons (Fsp3) is 0.412. The molecule has 2 N–H and O–H groups in total. The zero-order valence-corrected chi connectivity index (χ0v) is 13.5. The van der Waals surface area contributed by atoms with Crippen LogP contribution < -0.4 is 15.4 Å². The highest BCUT2D eigenvalue weighted by Crippen LogP contribution is 2.17. The van der Waals surface area contributed by atoms with E-state index < -0.39 is 0 Å². The number of furan rings is 1. The summed E-state index contributed by atoms with van der Waals surface area (Å²) in [7, 11) is 0. The first-order chi connectivity index (χ1) is 11.7. The van der Waals surface area contributed by atoms with E-state index >= 15 is 0 Å². The fourth-order valence-corrected chi connectivity index (χ4v) is 2.49. The summed E-state index contributed by atoms with van der Waals surface area (Å²) < 4.78 is 16.6. The molecule has 0 unspecified atom stereocenters. The Labute approximate surface area is 140 Å². The van der Waals surface area contributed by atoms with Gasteiger partial charge in [0.05, 0.1) is 31.7 Å². The zero-order valence-electron chi connectivity index (χ0n) is 13.5. The van der Waals surface area contributed by atoms with Crippen molar-refractivity contribution in [3.63, 3.8) is 0 Å². The average molecular weight is 331 g/mol. The molecule has 2 atom stereocenters. The summed E-state index contributed by atoms with van der Waals surface area (Å²) in [6.45, 7) is 3.28. The van der Waals surface area contributed by atoms with Crippen LogP contribution in [0.25, 0.3) is 0 Å². The molecule has 3 heterocycles. The third-order valence-electron chi connectivity index (χ3n) is 3.80. The number of ether oxygens (including phenoxy) is 2. The first-order valence-corrected chi connectivity index (χ1v) is 7.94. The predicted molar refractivity (Wildman–Crippen MR) is 86.7 cm³/mol. The van der Waals surface area contributed by atoms with Gasteiger partial charge in [-0.2, -0.15) is 0 Å². The van der Waals surface area contributed by atoms with Crippen molar-refractivity contribution in [1.82, 2.24) is 15.6 Å². The van der Waals surface area contributed by atoms with Gasteiger partial charge < -0.3 is 24.5 Å². The van der Waals surface area contributed by atoms with Crippen molar-refractivity contribution < 1.29 is 18.7 Å². The summed E-state index contributed by atoms with van der Waals surface area (Å²) in [6, 6.07) is 6.96. The molecule has 0 aromatic carbocycles. The van der Waals surface area contributed by atoms with Gasteiger partial charge in [-0.15, -0.1) is 0 Å². The largest absolute Gasteiger partial charge is 0.484 e. The highest BCUT2D eigenvalue weighted by Gasteiger charge is 2.29. The van der Waals surface area contributed by atoms with Gasteiger partial charge in [0.15, 0.2) is 0 Å². The summed E-state index contributed by atoms with van der Waals surface area (Å²) in [5, 5.41) is 5.72. The average Bonchev–Trinajstić information content (AvgIpc) is 3.10. The summed E-state index contributed by atoms with van der Waals surface area (Å²) >= 11 is 0. The van der Waals surface area contributed by atoms with Gasteiger partial charge in [-0.1, -0.05) is 0 Å². The van der Waals surface area contributed by atoms with Crippen molar-refractivity contribution in [3.8, 4) is 5.75 Å². The summed E-state index contributed by atoms with van der Waals surface area (Å²) in [5.74, 6) is 1.37. The zero-order chi connectivity index (χ0) is 16.8. The molecule has 2 aromatic heterocycles. The molecular weight excluding hydrogens is 310 g/mol. The number of aryl methyl sites for hydroxylation is 1. The Morgan fingerprint density at radius 3 is 3.08 bits per heavy atom. The van der Waals surface area contributed by atoms with E-state index in [-0.39, 0.29) is 18.2 Å². The Kier molecular flexibility index (Phi) is 5.32. The number of pyridine rings is 1. The van der Waals surface area contributed by atoms with E-state index in [1.54, 1.807) is 18.5 Å². The van der Waals surface area contributed by atoms with Gasteiger partial charge >= 0.3 is 6.03 Å². The van der Waals surface area contributed by atoms with Gasteiger partial charge in [0.2, 0.25) is 0 Å². The Hall–Kier alpha value is -2.54. The molecule has 0 bridgehead atoms. The number of amides is 2. The van der Waals surface area contributed by atoms with Crippen molar-refractivity contribution in [1.29, 1.82) is 0 Å². The van der Waals surface area contributed by atoms with E-state index in [0.717, 1.165) is 5.69 Å². The molecule has 1 saturated heterocycles. The Balaban J connectivity index is 1.53. The summed E-state index contributed by atoms with van der Waals surface area (Å²) in [6.07, 6.45) is 3.70. The molecule has 0 spiro atoms. The molecule has 1 aliphatic heterocycles. The molecule has 128 valence electrons. The standard InChI is InChI=1S/C17H21N3O4/c1-12-4-5-14(10-18-12)24-16-11-22-8-6-15(16)20-17(21)19-9-13-3-2-7-23-13/h2-5,7,10,15-16H,6,8-9,11H2,1H3,(H2,19,20,21)/t15-,16+/m0/s1. The molecule has 24 heavy (non-hydrogen) atoms. The van der Waals surface area contributed by atoms with Gasteiger partial charge in [0.25, 0.3) is 0 Å². The normalized spacial score (nSPS) is 20.4. The number of rotatable bonds is 5. The van der Waals surface area contributed by atoms with Gasteiger partial charge in [-0.05, 0) is 37.6 Å². The lowest BCUT2D eigenvalue weighted by Gasteiger charge is -2.32. The van der Waals surface area contributed by atoms with Crippen LogP contribution in [0.15, 0.2) is 41.1 Å². The molecule has 2 aromatic rings. The minimum atomic E-state index is -0.256. The van der Waals surface area contributed by atoms with E-state index in [1.807, 2.05) is 25.1 Å². The molecule has 0 aliphatic carbocycles. The second-order valence-electron chi connectivity index (χ2n) is 5.67. The lowest BCUT2D eigenvalue weighted by Crippen LogP contribution is -2.53. The van der Waals surface area contributed by atoms with E-state index in [1.165, 1.54) is 0 Å². The number of nitrogens with one attached hydrogen (secondary N) is 2. The SMILES string of the molecule is Cc1ccc(O[C@@H]2COCC[C@@H]2NC(=O)NCc2ccco2)cn1. The van der Waals surface area contributed by atoms with Gasteiger partial charge in [0.1, 0.15) is 17.6 Å². The molecule has 0 saturated carbocycles. The minimum absolute atomic E-state index is 0.128. The number of carbonyl (C=O) groups excluding carboxylic acids is 1. The maximum absolute atomic E-state index is 12.1. The third-order valence-corrected chi connectivity index (χ3v) is 3.80. The van der Waals surface area contributed by atoms with Crippen LogP contribution in [0.4, 0.5) is 4.79 Å². The topological polar surface area (TPSA) is 85.6 Å². The van der Waals surface area contributed by atoms with Crippen LogP contribution in [0.3, 0.4) is 0 Å². The number of urea groups is 1. The van der Waals surface area contributed by atoms with Crippen molar-refractivity contribution in [2.45, 2.75) is 32.0 Å². The summed E-state index contributed by atoms with van der Waals surface area (Å²) in [4.78, 5) is 16.3. The third kappa shape index (κ3) is 4.48. The highest BCUT2D eigenvalue weighted by molar-refractivity contribution is 5.74. The van der Waals surface area contributed by atoms with E-state index in [0.29, 0.717) is 37.7 Å². The fourth-order valence-electron chi connectivity index (χ4n) is 2.49. The van der Waals surface area contributed by atoms with Crippen LogP contribution in [0, 0.1) is 6.92 Å². The molecular formula is C17H21N3O4. The first-order valence-electron chi connectivity index (χ1n) is 7.94. The second-order valence-corrected chi connectivity index (χ2v) is 5.67. The number of hydrogen-bond acceptors (Lipinski definition) is 5. The van der Waals surface area contributed by atoms with Crippen LogP contribution in [-0.4, -0.2) is 36.4 Å². The van der Waals surface area contributed by atoms with E-state index in [9.17, 15) is 4.79 Å². The quantitative estimate of drug-likeness (QED) is 0.875. The van der Waals surface area contributed by atoms with Crippen LogP contribution in [-0.2, 0) is 11.3 Å². The Morgan fingerprint density at radius 2 is 2.33 bits per heavy atom. The van der Waals surface area contributed by atoms with Crippen molar-refractivity contribution >= 4 is 6.03 Å². The molecule has 3 rings (SSSR count). The van der Waals surface area contributed by atoms with Gasteiger partial charge in [-0.3, -0.25) is 4.98 Å². The van der Waals surface area contributed by atoms with Crippen molar-refractivity contribution in [3.05, 3.63) is 48.2 Å². The van der Waals surface area contributed by atoms with Crippen molar-refractivity contribution in [2.75, 3.05) is 13.2 Å². The monoisotopic (exact) mass is 331 g/mol. The molecule has 1 fully saturated rings. The number of nitrogens with zero attached hydrogens (tertiary/aromatic N) is 1. The van der Waals surface area contributed by atoms with E-state index in [4.69, 9.17) is 13.9 Å². The minimum Gasteiger partial charge on any atom is -0.484 e. The lowest BCUT2D eigenvalue weighted by atomic mass is 10.1. The van der Waals surface area contributed by atoms with Crippen LogP contribution in [0.5, 0.6) is 5.75 Å². The predicted octanol–water partition coefficient (Wildman–Crippen LogP) is 2.02. The number of hydrogen-bond donors (Lipinski definition) is 2. The molecule has 0 radical (unpaired) electrons. The molecule has 7 nitrogen and oxygen atoms in total. The first kappa shape index (κ1) is 16.3. The van der Waals surface area contributed by atoms with Crippen LogP contribution in [0.1, 0.15) is 17.9 Å². The van der Waals surface area contributed by atoms with Crippen molar-refractivity contribution in [2.24, 2.45) is 0 Å². The Morgan fingerprint density at radius 1 is 1.42 bits per heavy atom. The lowest BCUT2D eigenvalue weighted by molar-refractivity contribution is -0.0120. The van der Waals surface area contributed by atoms with Gasteiger partial charge in [-0.25, -0.2) is 4.79 Å². The maximum Gasteiger partial charge on any atom is 0.315 e. The smallest absolute Gasteiger partial charge is 0.315 e. The van der Waals surface area contributed by atoms with Gasteiger partial charge in [0, 0.05) is 12.3 Å². The second kappa shape index (κ2) is 7.83.